The van der Waals surface area contributed by atoms with Crippen molar-refractivity contribution in [1.82, 2.24) is 0 Å². The first kappa shape index (κ1) is 11.2. The highest BCUT2D eigenvalue weighted by Crippen LogP contribution is 2.12. The molecule has 0 saturated heterocycles. The Kier molecular flexibility index (Phi) is 3.40. The van der Waals surface area contributed by atoms with E-state index < -0.39 is 5.97 Å². The highest BCUT2D eigenvalue weighted by Gasteiger charge is 2.09. The fourth-order valence-corrected chi connectivity index (χ4v) is 1.34. The summed E-state index contributed by atoms with van der Waals surface area (Å²) in [4.78, 5) is 19.7. The summed E-state index contributed by atoms with van der Waals surface area (Å²) >= 11 is 0. The van der Waals surface area contributed by atoms with E-state index in [4.69, 9.17) is 4.74 Å². The number of hydrogen-bond acceptors (Lipinski definition) is 5. The van der Waals surface area contributed by atoms with E-state index in [2.05, 4.69) is 21.9 Å². The Morgan fingerprint density at radius 3 is 2.82 bits per heavy atom. The van der Waals surface area contributed by atoms with Crippen LogP contribution in [0.25, 0.3) is 0 Å². The van der Waals surface area contributed by atoms with Crippen molar-refractivity contribution in [2.75, 3.05) is 18.6 Å². The number of ether oxygens (including phenoxy) is 1. The number of anilines is 1. The van der Waals surface area contributed by atoms with Gasteiger partial charge in [-0.1, -0.05) is 6.58 Å². The molecule has 0 unspecified atom stereocenters. The first-order valence-corrected chi connectivity index (χ1v) is 5.16. The van der Waals surface area contributed by atoms with Gasteiger partial charge in [0.15, 0.2) is 0 Å². The molecule has 2 rings (SSSR count). The first-order valence-electron chi connectivity index (χ1n) is 5.16. The molecule has 0 aliphatic carbocycles. The Bertz CT molecular complexity index is 451. The van der Waals surface area contributed by atoms with E-state index in [0.717, 1.165) is 11.6 Å². The third kappa shape index (κ3) is 2.84. The zero-order valence-corrected chi connectivity index (χ0v) is 9.18. The average Bonchev–Trinajstić information content (AvgIpc) is 2.90. The van der Waals surface area contributed by atoms with Gasteiger partial charge in [-0.2, -0.15) is 0 Å². The van der Waals surface area contributed by atoms with Gasteiger partial charge in [0, 0.05) is 11.6 Å². The van der Waals surface area contributed by atoms with Crippen molar-refractivity contribution >= 4 is 17.6 Å². The monoisotopic (exact) mass is 232 g/mol. The van der Waals surface area contributed by atoms with Crippen LogP contribution >= 0.6 is 0 Å². The molecule has 1 aliphatic heterocycles. The predicted molar refractivity (Wildman–Crippen MR) is 63.7 cm³/mol. The van der Waals surface area contributed by atoms with Gasteiger partial charge < -0.3 is 9.57 Å². The Balaban J connectivity index is 1.98. The van der Waals surface area contributed by atoms with Gasteiger partial charge in [-0.3, -0.25) is 0 Å². The van der Waals surface area contributed by atoms with Crippen LogP contribution in [0.3, 0.4) is 0 Å². The molecule has 0 fully saturated rings. The van der Waals surface area contributed by atoms with Crippen molar-refractivity contribution in [1.29, 1.82) is 0 Å². The van der Waals surface area contributed by atoms with Crippen LogP contribution in [0.4, 0.5) is 5.69 Å². The molecule has 1 N–H and O–H groups in total. The Morgan fingerprint density at radius 2 is 2.24 bits per heavy atom. The Morgan fingerprint density at radius 1 is 1.47 bits per heavy atom. The second-order valence-electron chi connectivity index (χ2n) is 3.34. The second-order valence-corrected chi connectivity index (χ2v) is 3.34. The molecule has 0 spiro atoms. The van der Waals surface area contributed by atoms with E-state index in [-0.39, 0.29) is 0 Å². The number of benzene rings is 1. The van der Waals surface area contributed by atoms with Crippen LogP contribution < -0.4 is 5.48 Å². The van der Waals surface area contributed by atoms with Crippen LogP contribution in [0.5, 0.6) is 0 Å². The molecule has 0 bridgehead atoms. The van der Waals surface area contributed by atoms with Gasteiger partial charge in [-0.05, 0) is 24.3 Å². The number of carbonyl (C=O) groups excluding carboxylic acids is 1. The maximum Gasteiger partial charge on any atom is 0.355 e. The van der Waals surface area contributed by atoms with Gasteiger partial charge in [0.2, 0.25) is 5.90 Å². The van der Waals surface area contributed by atoms with Crippen molar-refractivity contribution in [3.8, 4) is 0 Å². The van der Waals surface area contributed by atoms with Crippen molar-refractivity contribution in [3.05, 3.63) is 42.5 Å². The van der Waals surface area contributed by atoms with Crippen LogP contribution in [0.2, 0.25) is 0 Å². The third-order valence-corrected chi connectivity index (χ3v) is 2.15. The molecule has 0 atom stereocenters. The second kappa shape index (κ2) is 5.16. The number of rotatable bonds is 4. The number of nitrogens with one attached hydrogen (secondary N) is 1. The number of nitrogens with zero attached hydrogens (tertiary/aromatic N) is 1. The van der Waals surface area contributed by atoms with Gasteiger partial charge in [-0.25, -0.2) is 15.3 Å². The molecule has 0 aromatic heterocycles. The maximum atomic E-state index is 10.8. The first-order chi connectivity index (χ1) is 8.29. The molecule has 1 aliphatic rings. The molecule has 17 heavy (non-hydrogen) atoms. The van der Waals surface area contributed by atoms with Crippen LogP contribution in [0, 0.1) is 0 Å². The Hall–Kier alpha value is -2.30. The van der Waals surface area contributed by atoms with Gasteiger partial charge in [0.25, 0.3) is 0 Å². The van der Waals surface area contributed by atoms with Gasteiger partial charge in [-0.15, -0.1) is 0 Å². The minimum absolute atomic E-state index is 0.530. The predicted octanol–water partition coefficient (Wildman–Crippen LogP) is 1.52. The van der Waals surface area contributed by atoms with Crippen molar-refractivity contribution in [2.45, 2.75) is 0 Å². The zero-order valence-electron chi connectivity index (χ0n) is 9.18. The summed E-state index contributed by atoms with van der Waals surface area (Å²) in [5.74, 6) is 0.122. The van der Waals surface area contributed by atoms with E-state index in [9.17, 15) is 4.79 Å². The lowest BCUT2D eigenvalue weighted by Crippen LogP contribution is -2.07. The maximum absolute atomic E-state index is 10.8. The van der Waals surface area contributed by atoms with Gasteiger partial charge >= 0.3 is 5.97 Å². The fourth-order valence-electron chi connectivity index (χ4n) is 1.34. The van der Waals surface area contributed by atoms with Crippen LogP contribution in [-0.4, -0.2) is 25.0 Å². The molecular weight excluding hydrogens is 220 g/mol. The molecule has 1 aromatic rings. The summed E-state index contributed by atoms with van der Waals surface area (Å²) in [6, 6.07) is 7.23. The SMILES string of the molecule is C=CC(=O)ONc1ccc(C2=NCCO2)cc1. The van der Waals surface area contributed by atoms with E-state index >= 15 is 0 Å². The normalized spacial score (nSPS) is 13.5. The lowest BCUT2D eigenvalue weighted by atomic mass is 10.2. The minimum Gasteiger partial charge on any atom is -0.476 e. The Labute approximate surface area is 98.7 Å². The highest BCUT2D eigenvalue weighted by molar-refractivity contribution is 5.95. The molecule has 0 radical (unpaired) electrons. The molecule has 1 aromatic carbocycles. The molecule has 0 saturated carbocycles. The van der Waals surface area contributed by atoms with E-state index in [1.807, 2.05) is 12.1 Å². The molecule has 5 nitrogen and oxygen atoms in total. The van der Waals surface area contributed by atoms with Gasteiger partial charge in [0.1, 0.15) is 6.61 Å². The van der Waals surface area contributed by atoms with Crippen LogP contribution in [0.1, 0.15) is 5.56 Å². The number of aliphatic imine (C=N–C) groups is 1. The van der Waals surface area contributed by atoms with E-state index in [1.165, 1.54) is 0 Å². The third-order valence-electron chi connectivity index (χ3n) is 2.15. The highest BCUT2D eigenvalue weighted by atomic mass is 16.7. The van der Waals surface area contributed by atoms with Crippen LogP contribution in [0.15, 0.2) is 41.9 Å². The van der Waals surface area contributed by atoms with Crippen LogP contribution in [-0.2, 0) is 14.4 Å². The lowest BCUT2D eigenvalue weighted by molar-refractivity contribution is -0.134. The topological polar surface area (TPSA) is 59.9 Å². The van der Waals surface area contributed by atoms with E-state index in [0.29, 0.717) is 24.7 Å². The largest absolute Gasteiger partial charge is 0.476 e. The van der Waals surface area contributed by atoms with Gasteiger partial charge in [0.05, 0.1) is 12.2 Å². The van der Waals surface area contributed by atoms with E-state index in [1.54, 1.807) is 12.1 Å². The number of hydrogen-bond donors (Lipinski definition) is 1. The summed E-state index contributed by atoms with van der Waals surface area (Å²) in [7, 11) is 0. The van der Waals surface area contributed by atoms with Crippen molar-refractivity contribution in [2.24, 2.45) is 4.99 Å². The standard InChI is InChI=1S/C12H12N2O3/c1-2-11(15)17-14-10-5-3-9(4-6-10)12-13-7-8-16-12/h2-6,14H,1,7-8H2. The molecule has 88 valence electrons. The quantitative estimate of drug-likeness (QED) is 0.631. The molecular formula is C12H12N2O3. The molecule has 1 heterocycles. The number of carbonyl (C=O) groups is 1. The smallest absolute Gasteiger partial charge is 0.355 e. The lowest BCUT2D eigenvalue weighted by Gasteiger charge is -2.06. The minimum atomic E-state index is -0.530. The molecule has 0 amide bonds. The summed E-state index contributed by atoms with van der Waals surface area (Å²) in [5, 5.41) is 0. The summed E-state index contributed by atoms with van der Waals surface area (Å²) in [6.45, 7) is 4.62. The fraction of sp³-hybridized carbons (Fsp3) is 0.167. The summed E-state index contributed by atoms with van der Waals surface area (Å²) < 4.78 is 5.33. The summed E-state index contributed by atoms with van der Waals surface area (Å²) in [5.41, 5.74) is 4.09. The summed E-state index contributed by atoms with van der Waals surface area (Å²) in [6.07, 6.45) is 1.09. The molecule has 5 heteroatoms. The van der Waals surface area contributed by atoms with Crippen molar-refractivity contribution < 1.29 is 14.4 Å². The van der Waals surface area contributed by atoms with Crippen molar-refractivity contribution in [3.63, 3.8) is 0 Å². The zero-order chi connectivity index (χ0) is 12.1. The average molecular weight is 232 g/mol.